The topological polar surface area (TPSA) is 66.6 Å². The van der Waals surface area contributed by atoms with Gasteiger partial charge in [-0.1, -0.05) is 18.2 Å². The second-order valence-corrected chi connectivity index (χ2v) is 5.04. The third-order valence-corrected chi connectivity index (χ3v) is 3.63. The molecule has 0 spiro atoms. The molecule has 0 saturated carbocycles. The molecular formula is C15H22ClN3O2. The summed E-state index contributed by atoms with van der Waals surface area (Å²) in [5.74, 6) is -0.187. The predicted molar refractivity (Wildman–Crippen MR) is 85.5 cm³/mol. The number of anilines is 1. The molecule has 0 aromatic heterocycles. The Morgan fingerprint density at radius 3 is 2.57 bits per heavy atom. The number of carbonyl (C=O) groups is 2. The van der Waals surface area contributed by atoms with Crippen LogP contribution in [0.4, 0.5) is 5.69 Å². The van der Waals surface area contributed by atoms with Gasteiger partial charge in [0.1, 0.15) is 6.04 Å². The van der Waals surface area contributed by atoms with Crippen LogP contribution in [0.15, 0.2) is 30.3 Å². The summed E-state index contributed by atoms with van der Waals surface area (Å²) >= 11 is 0. The largest absolute Gasteiger partial charge is 0.330 e. The quantitative estimate of drug-likeness (QED) is 0.914. The lowest BCUT2D eigenvalue weighted by Gasteiger charge is -2.28. The summed E-state index contributed by atoms with van der Waals surface area (Å²) < 4.78 is 0. The molecule has 2 amide bonds. The molecule has 2 atom stereocenters. The van der Waals surface area contributed by atoms with E-state index >= 15 is 0 Å². The van der Waals surface area contributed by atoms with E-state index in [1.807, 2.05) is 37.3 Å². The van der Waals surface area contributed by atoms with Gasteiger partial charge in [0, 0.05) is 18.8 Å². The first kappa shape index (κ1) is 17.5. The van der Waals surface area contributed by atoms with Gasteiger partial charge in [0.05, 0.1) is 6.04 Å². The number of amides is 2. The van der Waals surface area contributed by atoms with Gasteiger partial charge in [0.15, 0.2) is 0 Å². The van der Waals surface area contributed by atoms with Crippen molar-refractivity contribution < 1.29 is 9.59 Å². The van der Waals surface area contributed by atoms with Crippen molar-refractivity contribution in [2.75, 3.05) is 18.0 Å². The van der Waals surface area contributed by atoms with Crippen LogP contribution in [0.25, 0.3) is 0 Å². The van der Waals surface area contributed by atoms with Crippen molar-refractivity contribution in [3.8, 4) is 0 Å². The Hall–Kier alpha value is -1.59. The molecule has 2 N–H and O–H groups in total. The highest BCUT2D eigenvalue weighted by atomic mass is 35.5. The van der Waals surface area contributed by atoms with Crippen molar-refractivity contribution in [1.29, 1.82) is 0 Å². The molecule has 1 aliphatic rings. The summed E-state index contributed by atoms with van der Waals surface area (Å²) in [4.78, 5) is 27.9. The van der Waals surface area contributed by atoms with Crippen LogP contribution in [0, 0.1) is 0 Å². The molecule has 1 aromatic rings. The van der Waals surface area contributed by atoms with Crippen molar-refractivity contribution in [2.45, 2.75) is 32.4 Å². The van der Waals surface area contributed by atoms with Crippen molar-refractivity contribution in [3.05, 3.63) is 30.3 Å². The fraction of sp³-hybridized carbons (Fsp3) is 0.467. The van der Waals surface area contributed by atoms with Gasteiger partial charge in [-0.25, -0.2) is 0 Å². The van der Waals surface area contributed by atoms with Crippen LogP contribution in [0.5, 0.6) is 0 Å². The number of nitrogens with zero attached hydrogens (tertiary/aromatic N) is 2. The molecule has 5 nitrogen and oxygen atoms in total. The maximum Gasteiger partial charge on any atom is 0.249 e. The fourth-order valence-corrected chi connectivity index (χ4v) is 2.61. The Kier molecular flexibility index (Phi) is 6.18. The number of rotatable bonds is 4. The third kappa shape index (κ3) is 3.54. The summed E-state index contributed by atoms with van der Waals surface area (Å²) in [6, 6.07) is 8.57. The molecule has 1 fully saturated rings. The second-order valence-electron chi connectivity index (χ2n) is 5.04. The molecule has 21 heavy (non-hydrogen) atoms. The Labute approximate surface area is 131 Å². The Bertz CT molecular complexity index is 493. The van der Waals surface area contributed by atoms with Gasteiger partial charge in [-0.3, -0.25) is 9.59 Å². The summed E-state index contributed by atoms with van der Waals surface area (Å²) in [6.45, 7) is 4.66. The first-order valence-corrected chi connectivity index (χ1v) is 6.98. The highest BCUT2D eigenvalue weighted by Crippen LogP contribution is 2.24. The summed E-state index contributed by atoms with van der Waals surface area (Å²) in [5, 5.41) is 0. The monoisotopic (exact) mass is 311 g/mol. The zero-order valence-electron chi connectivity index (χ0n) is 12.4. The lowest BCUT2D eigenvalue weighted by molar-refractivity contribution is -0.138. The molecule has 1 aromatic carbocycles. The number of benzene rings is 1. The molecule has 1 saturated heterocycles. The van der Waals surface area contributed by atoms with E-state index in [-0.39, 0.29) is 24.2 Å². The molecule has 0 aliphatic carbocycles. The number of carbonyl (C=O) groups excluding carboxylic acids is 2. The Morgan fingerprint density at radius 1 is 1.43 bits per heavy atom. The van der Waals surface area contributed by atoms with E-state index in [0.717, 1.165) is 5.69 Å². The van der Waals surface area contributed by atoms with Gasteiger partial charge in [-0.05, 0) is 32.4 Å². The van der Waals surface area contributed by atoms with Crippen LogP contribution in [0.1, 0.15) is 20.3 Å². The smallest absolute Gasteiger partial charge is 0.249 e. The van der Waals surface area contributed by atoms with Crippen molar-refractivity contribution in [2.24, 2.45) is 5.73 Å². The normalized spacial score (nSPS) is 19.1. The molecule has 6 heteroatoms. The van der Waals surface area contributed by atoms with E-state index in [1.165, 1.54) is 0 Å². The number of para-hydroxylation sites is 1. The van der Waals surface area contributed by atoms with Crippen LogP contribution < -0.4 is 10.6 Å². The zero-order valence-corrected chi connectivity index (χ0v) is 13.2. The number of hydrogen-bond acceptors (Lipinski definition) is 3. The lowest BCUT2D eigenvalue weighted by atomic mass is 10.2. The number of nitrogens with two attached hydrogens (primary N) is 1. The van der Waals surface area contributed by atoms with Crippen LogP contribution in [0.2, 0.25) is 0 Å². The highest BCUT2D eigenvalue weighted by Gasteiger charge is 2.38. The van der Waals surface area contributed by atoms with Gasteiger partial charge < -0.3 is 15.5 Å². The van der Waals surface area contributed by atoms with Crippen molar-refractivity contribution in [3.63, 3.8) is 0 Å². The lowest BCUT2D eigenvalue weighted by Crippen LogP contribution is -2.50. The average Bonchev–Trinajstić information content (AvgIpc) is 2.82. The van der Waals surface area contributed by atoms with Gasteiger partial charge in [-0.2, -0.15) is 0 Å². The number of hydrogen-bond donors (Lipinski definition) is 1. The van der Waals surface area contributed by atoms with Crippen LogP contribution in [0.3, 0.4) is 0 Å². The van der Waals surface area contributed by atoms with E-state index in [2.05, 4.69) is 0 Å². The minimum absolute atomic E-state index is 0. The summed E-state index contributed by atoms with van der Waals surface area (Å²) in [6.07, 6.45) is 0.653. The fourth-order valence-electron chi connectivity index (χ4n) is 2.61. The maximum atomic E-state index is 12.5. The summed E-state index contributed by atoms with van der Waals surface area (Å²) in [7, 11) is 0. The second kappa shape index (κ2) is 7.43. The molecular weight excluding hydrogens is 290 g/mol. The van der Waals surface area contributed by atoms with Crippen LogP contribution >= 0.6 is 12.4 Å². The third-order valence-electron chi connectivity index (χ3n) is 3.63. The molecule has 0 bridgehead atoms. The Morgan fingerprint density at radius 2 is 2.05 bits per heavy atom. The van der Waals surface area contributed by atoms with Gasteiger partial charge in [0.2, 0.25) is 11.8 Å². The first-order chi connectivity index (χ1) is 9.56. The summed E-state index contributed by atoms with van der Waals surface area (Å²) in [5.41, 5.74) is 6.53. The minimum atomic E-state index is -0.575. The highest BCUT2D eigenvalue weighted by molar-refractivity contribution is 6.01. The van der Waals surface area contributed by atoms with Gasteiger partial charge >= 0.3 is 0 Å². The van der Waals surface area contributed by atoms with Crippen molar-refractivity contribution in [1.82, 2.24) is 4.90 Å². The van der Waals surface area contributed by atoms with E-state index in [1.54, 1.807) is 16.7 Å². The van der Waals surface area contributed by atoms with Gasteiger partial charge in [-0.15, -0.1) is 12.4 Å². The average molecular weight is 312 g/mol. The van der Waals surface area contributed by atoms with Crippen LogP contribution in [-0.4, -0.2) is 41.9 Å². The standard InChI is InChI=1S/C15H21N3O2.ClH/c1-3-17(14(19)11(2)16)13-9-10-18(15(13)20)12-7-5-4-6-8-12;/h4-8,11,13H,3,9-10,16H2,1-2H3;1H/t11-,13?;/m1./s1. The van der Waals surface area contributed by atoms with E-state index in [4.69, 9.17) is 5.73 Å². The first-order valence-electron chi connectivity index (χ1n) is 6.98. The molecule has 0 radical (unpaired) electrons. The maximum absolute atomic E-state index is 12.5. The van der Waals surface area contributed by atoms with E-state index in [0.29, 0.717) is 19.5 Å². The molecule has 1 aliphatic heterocycles. The van der Waals surface area contributed by atoms with E-state index < -0.39 is 12.1 Å². The number of halogens is 1. The van der Waals surface area contributed by atoms with E-state index in [9.17, 15) is 9.59 Å². The molecule has 116 valence electrons. The predicted octanol–water partition coefficient (Wildman–Crippen LogP) is 1.41. The number of likely N-dealkylation sites (N-methyl/N-ethyl adjacent to an activating group) is 1. The molecule has 1 unspecified atom stereocenters. The minimum Gasteiger partial charge on any atom is -0.330 e. The zero-order chi connectivity index (χ0) is 14.7. The Balaban J connectivity index is 0.00000220. The SMILES string of the molecule is CCN(C(=O)[C@@H](C)N)C1CCN(c2ccccc2)C1=O.Cl. The molecule has 2 rings (SSSR count). The molecule has 1 heterocycles. The van der Waals surface area contributed by atoms with Crippen LogP contribution in [-0.2, 0) is 9.59 Å². The van der Waals surface area contributed by atoms with Crippen molar-refractivity contribution >= 4 is 29.9 Å². The van der Waals surface area contributed by atoms with Gasteiger partial charge in [0.25, 0.3) is 0 Å².